The van der Waals surface area contributed by atoms with Crippen LogP contribution in [0.15, 0.2) is 24.3 Å². The molecule has 0 aromatic heterocycles. The quantitative estimate of drug-likeness (QED) is 0.678. The molecule has 1 aromatic rings. The first kappa shape index (κ1) is 11.1. The molecule has 0 radical (unpaired) electrons. The Hall–Kier alpha value is -0.980. The second-order valence-electron chi connectivity index (χ2n) is 3.79. The Balaban J connectivity index is 2.21. The van der Waals surface area contributed by atoms with Gasteiger partial charge in [-0.1, -0.05) is 50.8 Å². The first-order chi connectivity index (χ1) is 6.84. The van der Waals surface area contributed by atoms with E-state index in [-0.39, 0.29) is 0 Å². The molecule has 1 nitrogen and oxygen atoms in total. The van der Waals surface area contributed by atoms with Gasteiger partial charge in [-0.3, -0.25) is 0 Å². The van der Waals surface area contributed by atoms with Gasteiger partial charge < -0.3 is 5.11 Å². The molecule has 0 spiro atoms. The summed E-state index contributed by atoms with van der Waals surface area (Å²) in [7, 11) is 0. The molecule has 1 N–H and O–H groups in total. The zero-order valence-corrected chi connectivity index (χ0v) is 9.00. The van der Waals surface area contributed by atoms with E-state index >= 15 is 0 Å². The Bertz CT molecular complexity index is 255. The van der Waals surface area contributed by atoms with Crippen molar-refractivity contribution in [3.05, 3.63) is 29.8 Å². The van der Waals surface area contributed by atoms with Crippen LogP contribution in [0.2, 0.25) is 0 Å². The van der Waals surface area contributed by atoms with Crippen LogP contribution in [0.5, 0.6) is 5.75 Å². The lowest BCUT2D eigenvalue weighted by atomic mass is 10.0. The van der Waals surface area contributed by atoms with E-state index in [1.54, 1.807) is 6.07 Å². The van der Waals surface area contributed by atoms with Gasteiger partial charge in [0.15, 0.2) is 0 Å². The Labute approximate surface area is 86.8 Å². The number of phenols is 1. The van der Waals surface area contributed by atoms with E-state index in [0.29, 0.717) is 5.75 Å². The number of hydrogen-bond donors (Lipinski definition) is 1. The lowest BCUT2D eigenvalue weighted by Gasteiger charge is -2.03. The highest BCUT2D eigenvalue weighted by Crippen LogP contribution is 2.18. The van der Waals surface area contributed by atoms with Gasteiger partial charge in [0, 0.05) is 0 Å². The molecule has 0 amide bonds. The van der Waals surface area contributed by atoms with E-state index in [2.05, 4.69) is 6.92 Å². The highest BCUT2D eigenvalue weighted by atomic mass is 16.3. The smallest absolute Gasteiger partial charge is 0.118 e. The monoisotopic (exact) mass is 192 g/mol. The van der Waals surface area contributed by atoms with Crippen LogP contribution in [-0.2, 0) is 6.42 Å². The standard InChI is InChI=1S/C13H20O/c1-2-3-4-5-6-9-12-10-7-8-11-13(12)14/h7-8,10-11,14H,2-6,9H2,1H3. The minimum atomic E-state index is 0.447. The summed E-state index contributed by atoms with van der Waals surface area (Å²) in [5.74, 6) is 0.447. The van der Waals surface area contributed by atoms with E-state index < -0.39 is 0 Å². The molecule has 0 aliphatic heterocycles. The number of para-hydroxylation sites is 1. The van der Waals surface area contributed by atoms with Gasteiger partial charge in [0.05, 0.1) is 0 Å². The zero-order valence-electron chi connectivity index (χ0n) is 9.00. The fourth-order valence-corrected chi connectivity index (χ4v) is 1.64. The maximum absolute atomic E-state index is 9.51. The molecule has 14 heavy (non-hydrogen) atoms. The first-order valence-corrected chi connectivity index (χ1v) is 5.61. The van der Waals surface area contributed by atoms with E-state index in [4.69, 9.17) is 0 Å². The second kappa shape index (κ2) is 6.47. The van der Waals surface area contributed by atoms with Gasteiger partial charge in [-0.15, -0.1) is 0 Å². The minimum absolute atomic E-state index is 0.447. The topological polar surface area (TPSA) is 20.2 Å². The third-order valence-electron chi connectivity index (χ3n) is 2.54. The van der Waals surface area contributed by atoms with Crippen LogP contribution >= 0.6 is 0 Å². The largest absolute Gasteiger partial charge is 0.508 e. The Morgan fingerprint density at radius 3 is 2.43 bits per heavy atom. The zero-order chi connectivity index (χ0) is 10.2. The highest BCUT2D eigenvalue weighted by molar-refractivity contribution is 5.31. The molecule has 0 atom stereocenters. The van der Waals surface area contributed by atoms with Crippen LogP contribution in [0.1, 0.15) is 44.6 Å². The summed E-state index contributed by atoms with van der Waals surface area (Å²) >= 11 is 0. The predicted octanol–water partition coefficient (Wildman–Crippen LogP) is 3.91. The molecular formula is C13H20O. The van der Waals surface area contributed by atoms with Crippen LogP contribution < -0.4 is 0 Å². The first-order valence-electron chi connectivity index (χ1n) is 5.61. The number of unbranched alkanes of at least 4 members (excludes halogenated alkanes) is 4. The molecule has 0 aliphatic rings. The van der Waals surface area contributed by atoms with Gasteiger partial charge >= 0.3 is 0 Å². The number of hydrogen-bond acceptors (Lipinski definition) is 1. The van der Waals surface area contributed by atoms with E-state index in [1.165, 1.54) is 32.1 Å². The lowest BCUT2D eigenvalue weighted by Crippen LogP contribution is -1.86. The van der Waals surface area contributed by atoms with E-state index in [1.807, 2.05) is 18.2 Å². The van der Waals surface area contributed by atoms with Gasteiger partial charge in [-0.25, -0.2) is 0 Å². The van der Waals surface area contributed by atoms with Gasteiger partial charge in [0.2, 0.25) is 0 Å². The summed E-state index contributed by atoms with van der Waals surface area (Å²) in [5.41, 5.74) is 1.09. The molecule has 0 saturated carbocycles. The molecule has 1 aromatic carbocycles. The molecule has 1 heteroatoms. The number of aryl methyl sites for hydroxylation is 1. The number of aromatic hydroxyl groups is 1. The molecule has 0 heterocycles. The maximum atomic E-state index is 9.51. The van der Waals surface area contributed by atoms with Crippen molar-refractivity contribution in [2.45, 2.75) is 45.4 Å². The predicted molar refractivity (Wildman–Crippen MR) is 60.6 cm³/mol. The summed E-state index contributed by atoms with van der Waals surface area (Å²) in [6, 6.07) is 7.63. The third-order valence-corrected chi connectivity index (χ3v) is 2.54. The van der Waals surface area contributed by atoms with Crippen LogP contribution in [0.4, 0.5) is 0 Å². The summed E-state index contributed by atoms with van der Waals surface area (Å²) in [4.78, 5) is 0. The van der Waals surface area contributed by atoms with Crippen molar-refractivity contribution >= 4 is 0 Å². The van der Waals surface area contributed by atoms with Gasteiger partial charge in [-0.05, 0) is 24.5 Å². The van der Waals surface area contributed by atoms with Crippen LogP contribution in [0, 0.1) is 0 Å². The highest BCUT2D eigenvalue weighted by Gasteiger charge is 1.98. The lowest BCUT2D eigenvalue weighted by molar-refractivity contribution is 0.466. The molecule has 1 rings (SSSR count). The van der Waals surface area contributed by atoms with Crippen LogP contribution in [-0.4, -0.2) is 5.11 Å². The Morgan fingerprint density at radius 2 is 1.71 bits per heavy atom. The van der Waals surface area contributed by atoms with Gasteiger partial charge in [0.1, 0.15) is 5.75 Å². The summed E-state index contributed by atoms with van der Waals surface area (Å²) < 4.78 is 0. The van der Waals surface area contributed by atoms with Crippen molar-refractivity contribution in [1.29, 1.82) is 0 Å². The molecule has 0 bridgehead atoms. The Kier molecular flexibility index (Phi) is 5.13. The summed E-state index contributed by atoms with van der Waals surface area (Å²) in [6.45, 7) is 2.23. The van der Waals surface area contributed by atoms with Gasteiger partial charge in [-0.2, -0.15) is 0 Å². The average Bonchev–Trinajstić information content (AvgIpc) is 2.20. The summed E-state index contributed by atoms with van der Waals surface area (Å²) in [6.07, 6.45) is 7.43. The fraction of sp³-hybridized carbons (Fsp3) is 0.538. The van der Waals surface area contributed by atoms with Crippen molar-refractivity contribution < 1.29 is 5.11 Å². The SMILES string of the molecule is CCCCCCCc1ccccc1O. The number of benzene rings is 1. The third kappa shape index (κ3) is 3.82. The van der Waals surface area contributed by atoms with Crippen molar-refractivity contribution in [1.82, 2.24) is 0 Å². The van der Waals surface area contributed by atoms with Gasteiger partial charge in [0.25, 0.3) is 0 Å². The maximum Gasteiger partial charge on any atom is 0.118 e. The molecule has 0 saturated heterocycles. The van der Waals surface area contributed by atoms with Crippen molar-refractivity contribution in [3.63, 3.8) is 0 Å². The minimum Gasteiger partial charge on any atom is -0.508 e. The number of phenolic OH excluding ortho intramolecular Hbond substituents is 1. The molecule has 0 unspecified atom stereocenters. The van der Waals surface area contributed by atoms with Crippen molar-refractivity contribution in [3.8, 4) is 5.75 Å². The van der Waals surface area contributed by atoms with Crippen molar-refractivity contribution in [2.24, 2.45) is 0 Å². The van der Waals surface area contributed by atoms with E-state index in [0.717, 1.165) is 12.0 Å². The van der Waals surface area contributed by atoms with E-state index in [9.17, 15) is 5.11 Å². The average molecular weight is 192 g/mol. The second-order valence-corrected chi connectivity index (χ2v) is 3.79. The summed E-state index contributed by atoms with van der Waals surface area (Å²) in [5, 5.41) is 9.51. The Morgan fingerprint density at radius 1 is 1.00 bits per heavy atom. The fourth-order valence-electron chi connectivity index (χ4n) is 1.64. The molecule has 0 fully saturated rings. The van der Waals surface area contributed by atoms with Crippen molar-refractivity contribution in [2.75, 3.05) is 0 Å². The molecule has 0 aliphatic carbocycles. The molecule has 78 valence electrons. The van der Waals surface area contributed by atoms with Crippen LogP contribution in [0.3, 0.4) is 0 Å². The van der Waals surface area contributed by atoms with Crippen LogP contribution in [0.25, 0.3) is 0 Å². The normalized spacial score (nSPS) is 10.4. The number of rotatable bonds is 6. The molecular weight excluding hydrogens is 172 g/mol.